The van der Waals surface area contributed by atoms with Crippen LogP contribution in [-0.4, -0.2) is 31.9 Å². The molecule has 98 valence electrons. The van der Waals surface area contributed by atoms with Gasteiger partial charge in [-0.2, -0.15) is 0 Å². The monoisotopic (exact) mass is 251 g/mol. The normalized spacial score (nSPS) is 23.7. The van der Waals surface area contributed by atoms with Gasteiger partial charge in [-0.1, -0.05) is 0 Å². The number of hydrogen-bond acceptors (Lipinski definition) is 3. The SMILES string of the molecule is Fc1ccc2c(c1)CC(CNC1CCOCC1)O2. The lowest BCUT2D eigenvalue weighted by Gasteiger charge is -2.24. The van der Waals surface area contributed by atoms with E-state index in [1.165, 1.54) is 6.07 Å². The molecule has 2 heterocycles. The highest BCUT2D eigenvalue weighted by Crippen LogP contribution is 2.29. The van der Waals surface area contributed by atoms with Gasteiger partial charge in [-0.05, 0) is 31.0 Å². The van der Waals surface area contributed by atoms with Crippen LogP contribution in [0.3, 0.4) is 0 Å². The molecule has 3 rings (SSSR count). The zero-order valence-electron chi connectivity index (χ0n) is 10.3. The highest BCUT2D eigenvalue weighted by molar-refractivity contribution is 5.37. The lowest BCUT2D eigenvalue weighted by molar-refractivity contribution is 0.0748. The zero-order chi connectivity index (χ0) is 12.4. The first-order chi connectivity index (χ1) is 8.81. The maximum absolute atomic E-state index is 13.1. The van der Waals surface area contributed by atoms with Crippen LogP contribution in [0.15, 0.2) is 18.2 Å². The van der Waals surface area contributed by atoms with Crippen molar-refractivity contribution >= 4 is 0 Å². The Bertz CT molecular complexity index is 418. The first-order valence-corrected chi connectivity index (χ1v) is 6.57. The van der Waals surface area contributed by atoms with Crippen LogP contribution in [0, 0.1) is 5.82 Å². The number of fused-ring (bicyclic) bond motifs is 1. The molecule has 2 aliphatic heterocycles. The third-order valence-electron chi connectivity index (χ3n) is 3.62. The maximum atomic E-state index is 13.1. The molecule has 1 unspecified atom stereocenters. The van der Waals surface area contributed by atoms with Crippen molar-refractivity contribution in [2.24, 2.45) is 0 Å². The van der Waals surface area contributed by atoms with Crippen LogP contribution < -0.4 is 10.1 Å². The fourth-order valence-corrected chi connectivity index (χ4v) is 2.60. The van der Waals surface area contributed by atoms with E-state index in [0.29, 0.717) is 6.04 Å². The van der Waals surface area contributed by atoms with Crippen LogP contribution >= 0.6 is 0 Å². The van der Waals surface area contributed by atoms with E-state index in [2.05, 4.69) is 5.32 Å². The van der Waals surface area contributed by atoms with Crippen molar-refractivity contribution in [2.45, 2.75) is 31.4 Å². The van der Waals surface area contributed by atoms with Crippen molar-refractivity contribution in [1.82, 2.24) is 5.32 Å². The van der Waals surface area contributed by atoms with Gasteiger partial charge in [-0.15, -0.1) is 0 Å². The summed E-state index contributed by atoms with van der Waals surface area (Å²) in [6.07, 6.45) is 3.05. The van der Waals surface area contributed by atoms with Gasteiger partial charge in [-0.3, -0.25) is 0 Å². The Hall–Kier alpha value is -1.13. The van der Waals surface area contributed by atoms with E-state index in [1.54, 1.807) is 12.1 Å². The molecule has 1 fully saturated rings. The van der Waals surface area contributed by atoms with Gasteiger partial charge < -0.3 is 14.8 Å². The number of nitrogens with one attached hydrogen (secondary N) is 1. The minimum absolute atomic E-state index is 0.129. The van der Waals surface area contributed by atoms with E-state index in [1.807, 2.05) is 0 Å². The number of benzene rings is 1. The van der Waals surface area contributed by atoms with Gasteiger partial charge in [0.05, 0.1) is 0 Å². The van der Waals surface area contributed by atoms with Gasteiger partial charge in [0, 0.05) is 37.8 Å². The van der Waals surface area contributed by atoms with Crippen LogP contribution in [-0.2, 0) is 11.2 Å². The Morgan fingerprint density at radius 3 is 2.94 bits per heavy atom. The van der Waals surface area contributed by atoms with Crippen molar-refractivity contribution in [2.75, 3.05) is 19.8 Å². The predicted molar refractivity (Wildman–Crippen MR) is 66.4 cm³/mol. The number of ether oxygens (including phenoxy) is 2. The third kappa shape index (κ3) is 2.65. The van der Waals surface area contributed by atoms with Gasteiger partial charge in [0.25, 0.3) is 0 Å². The van der Waals surface area contributed by atoms with E-state index in [0.717, 1.165) is 50.3 Å². The second-order valence-electron chi connectivity index (χ2n) is 4.99. The van der Waals surface area contributed by atoms with E-state index in [-0.39, 0.29) is 11.9 Å². The summed E-state index contributed by atoms with van der Waals surface area (Å²) in [5.41, 5.74) is 0.980. The Morgan fingerprint density at radius 1 is 1.28 bits per heavy atom. The topological polar surface area (TPSA) is 30.5 Å². The molecule has 0 radical (unpaired) electrons. The number of hydrogen-bond donors (Lipinski definition) is 1. The summed E-state index contributed by atoms with van der Waals surface area (Å²) in [6.45, 7) is 2.50. The second-order valence-corrected chi connectivity index (χ2v) is 4.99. The minimum Gasteiger partial charge on any atom is -0.488 e. The Labute approximate surface area is 106 Å². The average molecular weight is 251 g/mol. The van der Waals surface area contributed by atoms with Gasteiger partial charge in [0.1, 0.15) is 17.7 Å². The Morgan fingerprint density at radius 2 is 2.11 bits per heavy atom. The highest BCUT2D eigenvalue weighted by atomic mass is 19.1. The number of halogens is 1. The van der Waals surface area contributed by atoms with Crippen LogP contribution in [0.4, 0.5) is 4.39 Å². The molecular weight excluding hydrogens is 233 g/mol. The predicted octanol–water partition coefficient (Wildman–Crippen LogP) is 1.90. The molecule has 2 aliphatic rings. The summed E-state index contributed by atoms with van der Waals surface area (Å²) in [7, 11) is 0. The van der Waals surface area contributed by atoms with E-state index >= 15 is 0 Å². The van der Waals surface area contributed by atoms with Gasteiger partial charge in [-0.25, -0.2) is 4.39 Å². The molecule has 0 amide bonds. The van der Waals surface area contributed by atoms with Gasteiger partial charge >= 0.3 is 0 Å². The van der Waals surface area contributed by atoms with Crippen molar-refractivity contribution in [3.05, 3.63) is 29.6 Å². The molecule has 1 saturated heterocycles. The smallest absolute Gasteiger partial charge is 0.123 e. The quantitative estimate of drug-likeness (QED) is 0.890. The molecule has 1 atom stereocenters. The zero-order valence-corrected chi connectivity index (χ0v) is 10.3. The van der Waals surface area contributed by atoms with E-state index in [9.17, 15) is 4.39 Å². The highest BCUT2D eigenvalue weighted by Gasteiger charge is 2.24. The largest absolute Gasteiger partial charge is 0.488 e. The molecule has 0 spiro atoms. The summed E-state index contributed by atoms with van der Waals surface area (Å²) in [5, 5.41) is 3.51. The second kappa shape index (κ2) is 5.24. The standard InChI is InChI=1S/C14H18FNO2/c15-11-1-2-14-10(7-11)8-13(18-14)9-16-12-3-5-17-6-4-12/h1-2,7,12-13,16H,3-6,8-9H2. The molecule has 0 aliphatic carbocycles. The van der Waals surface area contributed by atoms with Crippen LogP contribution in [0.25, 0.3) is 0 Å². The van der Waals surface area contributed by atoms with Crippen molar-refractivity contribution in [1.29, 1.82) is 0 Å². The lowest BCUT2D eigenvalue weighted by Crippen LogP contribution is -2.40. The fourth-order valence-electron chi connectivity index (χ4n) is 2.60. The van der Waals surface area contributed by atoms with E-state index < -0.39 is 0 Å². The minimum atomic E-state index is -0.185. The molecule has 0 bridgehead atoms. The van der Waals surface area contributed by atoms with Crippen molar-refractivity contribution in [3.63, 3.8) is 0 Å². The fraction of sp³-hybridized carbons (Fsp3) is 0.571. The Balaban J connectivity index is 1.51. The molecule has 4 heteroatoms. The molecule has 1 aromatic rings. The lowest BCUT2D eigenvalue weighted by atomic mass is 10.1. The van der Waals surface area contributed by atoms with Crippen LogP contribution in [0.1, 0.15) is 18.4 Å². The van der Waals surface area contributed by atoms with Crippen molar-refractivity contribution in [3.8, 4) is 5.75 Å². The summed E-state index contributed by atoms with van der Waals surface area (Å²) >= 11 is 0. The third-order valence-corrected chi connectivity index (χ3v) is 3.62. The molecule has 0 aromatic heterocycles. The molecule has 1 aromatic carbocycles. The van der Waals surface area contributed by atoms with E-state index in [4.69, 9.17) is 9.47 Å². The molecule has 18 heavy (non-hydrogen) atoms. The molecular formula is C14H18FNO2. The van der Waals surface area contributed by atoms with Gasteiger partial charge in [0.2, 0.25) is 0 Å². The first-order valence-electron chi connectivity index (χ1n) is 6.57. The summed E-state index contributed by atoms with van der Waals surface area (Å²) in [4.78, 5) is 0. The maximum Gasteiger partial charge on any atom is 0.123 e. The summed E-state index contributed by atoms with van der Waals surface area (Å²) in [5.74, 6) is 0.644. The molecule has 3 nitrogen and oxygen atoms in total. The van der Waals surface area contributed by atoms with Crippen LogP contribution in [0.5, 0.6) is 5.75 Å². The van der Waals surface area contributed by atoms with Gasteiger partial charge in [0.15, 0.2) is 0 Å². The van der Waals surface area contributed by atoms with Crippen LogP contribution in [0.2, 0.25) is 0 Å². The number of rotatable bonds is 3. The molecule has 1 N–H and O–H groups in total. The first kappa shape index (κ1) is 11.9. The average Bonchev–Trinajstić information content (AvgIpc) is 2.79. The van der Waals surface area contributed by atoms with Crippen molar-refractivity contribution < 1.29 is 13.9 Å². The molecule has 0 saturated carbocycles. The summed E-state index contributed by atoms with van der Waals surface area (Å²) in [6, 6.07) is 5.28. The Kier molecular flexibility index (Phi) is 3.48. The summed E-state index contributed by atoms with van der Waals surface area (Å²) < 4.78 is 24.2.